The lowest BCUT2D eigenvalue weighted by Crippen LogP contribution is -2.45. The fraction of sp³-hybridized carbons (Fsp3) is 0.556. The molecule has 7 nitrogen and oxygen atoms in total. The maximum atomic E-state index is 13.0. The third-order valence-corrected chi connectivity index (χ3v) is 7.52. The average molecular weight is 412 g/mol. The molecule has 2 aliphatic heterocycles. The van der Waals surface area contributed by atoms with Gasteiger partial charge in [0.1, 0.15) is 6.54 Å². The number of amides is 2. The first-order chi connectivity index (χ1) is 12.8. The number of thioether (sulfide) groups is 1. The molecule has 148 valence electrons. The van der Waals surface area contributed by atoms with Crippen molar-refractivity contribution in [1.29, 1.82) is 0 Å². The number of fused-ring (bicyclic) bond motifs is 1. The van der Waals surface area contributed by atoms with Gasteiger partial charge in [0.25, 0.3) is 0 Å². The number of piperidine rings is 1. The van der Waals surface area contributed by atoms with E-state index < -0.39 is 10.0 Å². The molecule has 1 aromatic rings. The van der Waals surface area contributed by atoms with Gasteiger partial charge in [-0.15, -0.1) is 11.8 Å². The van der Waals surface area contributed by atoms with E-state index in [1.165, 1.54) is 27.0 Å². The molecule has 1 aromatic carbocycles. The van der Waals surface area contributed by atoms with Gasteiger partial charge in [0, 0.05) is 24.0 Å². The number of nitrogens with zero attached hydrogens (tertiary/aromatic N) is 2. The zero-order valence-corrected chi connectivity index (χ0v) is 17.2. The first kappa shape index (κ1) is 20.2. The average Bonchev–Trinajstić information content (AvgIpc) is 2.64. The number of hydrogen-bond donors (Lipinski definition) is 1. The second-order valence-corrected chi connectivity index (χ2v) is 10.0. The number of anilines is 1. The number of hydrogen-bond acceptors (Lipinski definition) is 5. The largest absolute Gasteiger partial charge is 0.352 e. The van der Waals surface area contributed by atoms with Crippen LogP contribution in [-0.2, 0) is 19.6 Å². The van der Waals surface area contributed by atoms with Gasteiger partial charge >= 0.3 is 0 Å². The molecule has 3 rings (SSSR count). The molecule has 1 saturated heterocycles. The topological polar surface area (TPSA) is 86.8 Å². The van der Waals surface area contributed by atoms with Crippen LogP contribution >= 0.6 is 11.8 Å². The Bertz CT molecular complexity index is 833. The Morgan fingerprint density at radius 3 is 2.59 bits per heavy atom. The predicted molar refractivity (Wildman–Crippen MR) is 105 cm³/mol. The molecule has 0 radical (unpaired) electrons. The standard InChI is InChI=1S/C18H25N3O4S2/c1-13(2)19-17(22)11-21-15-10-14(6-7-16(15)26-12-18(21)23)27(24,25)20-8-4-3-5-9-20/h6-7,10,13H,3-5,8-9,11-12H2,1-2H3,(H,19,22). The van der Waals surface area contributed by atoms with Gasteiger partial charge in [0.15, 0.2) is 0 Å². The summed E-state index contributed by atoms with van der Waals surface area (Å²) in [6.07, 6.45) is 2.76. The van der Waals surface area contributed by atoms with Gasteiger partial charge in [-0.25, -0.2) is 8.42 Å². The number of carbonyl (C=O) groups excluding carboxylic acids is 2. The van der Waals surface area contributed by atoms with Crippen LogP contribution in [0.2, 0.25) is 0 Å². The van der Waals surface area contributed by atoms with Crippen molar-refractivity contribution in [2.45, 2.75) is 48.9 Å². The molecule has 0 bridgehead atoms. The van der Waals surface area contributed by atoms with E-state index in [-0.39, 0.29) is 35.0 Å². The van der Waals surface area contributed by atoms with E-state index >= 15 is 0 Å². The zero-order valence-electron chi connectivity index (χ0n) is 15.6. The lowest BCUT2D eigenvalue weighted by atomic mass is 10.2. The van der Waals surface area contributed by atoms with Crippen molar-refractivity contribution >= 4 is 39.3 Å². The van der Waals surface area contributed by atoms with E-state index in [9.17, 15) is 18.0 Å². The Morgan fingerprint density at radius 2 is 1.93 bits per heavy atom. The summed E-state index contributed by atoms with van der Waals surface area (Å²) < 4.78 is 27.4. The van der Waals surface area contributed by atoms with E-state index in [1.54, 1.807) is 12.1 Å². The smallest absolute Gasteiger partial charge is 0.243 e. The predicted octanol–water partition coefficient (Wildman–Crippen LogP) is 1.82. The molecule has 0 aromatic heterocycles. The molecule has 2 heterocycles. The Balaban J connectivity index is 1.91. The SMILES string of the molecule is CC(C)NC(=O)CN1C(=O)CSc2ccc(S(=O)(=O)N3CCCCC3)cc21. The zero-order chi connectivity index (χ0) is 19.6. The maximum absolute atomic E-state index is 13.0. The minimum absolute atomic E-state index is 0.0305. The van der Waals surface area contributed by atoms with Crippen LogP contribution in [0.25, 0.3) is 0 Å². The van der Waals surface area contributed by atoms with Gasteiger partial charge in [-0.3, -0.25) is 9.59 Å². The van der Waals surface area contributed by atoms with Crippen LogP contribution in [0.5, 0.6) is 0 Å². The lowest BCUT2D eigenvalue weighted by molar-refractivity contribution is -0.123. The van der Waals surface area contributed by atoms with Crippen molar-refractivity contribution in [2.75, 3.05) is 30.3 Å². The molecule has 0 saturated carbocycles. The third-order valence-electron chi connectivity index (χ3n) is 4.58. The first-order valence-corrected chi connectivity index (χ1v) is 11.6. The van der Waals surface area contributed by atoms with Crippen molar-refractivity contribution in [3.8, 4) is 0 Å². The number of nitrogens with one attached hydrogen (secondary N) is 1. The van der Waals surface area contributed by atoms with E-state index in [0.717, 1.165) is 24.2 Å². The number of benzene rings is 1. The minimum Gasteiger partial charge on any atom is -0.352 e. The number of sulfonamides is 1. The van der Waals surface area contributed by atoms with Crippen LogP contribution in [0, 0.1) is 0 Å². The van der Waals surface area contributed by atoms with E-state index in [1.807, 2.05) is 13.8 Å². The maximum Gasteiger partial charge on any atom is 0.243 e. The Labute approximate surface area is 164 Å². The molecule has 1 N–H and O–H groups in total. The molecular weight excluding hydrogens is 386 g/mol. The summed E-state index contributed by atoms with van der Waals surface area (Å²) >= 11 is 1.37. The van der Waals surface area contributed by atoms with Crippen LogP contribution in [0.15, 0.2) is 28.0 Å². The van der Waals surface area contributed by atoms with Crippen LogP contribution in [0.1, 0.15) is 33.1 Å². The normalized spacial score (nSPS) is 18.5. The van der Waals surface area contributed by atoms with Gasteiger partial charge < -0.3 is 10.2 Å². The van der Waals surface area contributed by atoms with Gasteiger partial charge in [-0.1, -0.05) is 6.42 Å². The van der Waals surface area contributed by atoms with Crippen LogP contribution in [-0.4, -0.2) is 56.0 Å². The fourth-order valence-electron chi connectivity index (χ4n) is 3.28. The Morgan fingerprint density at radius 1 is 1.22 bits per heavy atom. The molecule has 9 heteroatoms. The van der Waals surface area contributed by atoms with E-state index in [0.29, 0.717) is 18.8 Å². The first-order valence-electron chi connectivity index (χ1n) is 9.16. The summed E-state index contributed by atoms with van der Waals surface area (Å²) in [5.41, 5.74) is 0.494. The summed E-state index contributed by atoms with van der Waals surface area (Å²) in [5.74, 6) is -0.223. The molecule has 0 unspecified atom stereocenters. The van der Waals surface area contributed by atoms with Crippen LogP contribution < -0.4 is 10.2 Å². The molecule has 0 atom stereocenters. The van der Waals surface area contributed by atoms with Crippen molar-refractivity contribution in [2.24, 2.45) is 0 Å². The molecule has 1 fully saturated rings. The second kappa shape index (κ2) is 8.20. The molecule has 2 aliphatic rings. The summed E-state index contributed by atoms with van der Waals surface area (Å²) in [7, 11) is -3.60. The summed E-state index contributed by atoms with van der Waals surface area (Å²) in [4.78, 5) is 26.9. The number of carbonyl (C=O) groups is 2. The van der Waals surface area contributed by atoms with E-state index in [2.05, 4.69) is 5.32 Å². The van der Waals surface area contributed by atoms with Gasteiger partial charge in [0.05, 0.1) is 16.3 Å². The summed E-state index contributed by atoms with van der Waals surface area (Å²) in [6.45, 7) is 4.63. The lowest BCUT2D eigenvalue weighted by Gasteiger charge is -2.30. The molecule has 2 amide bonds. The minimum atomic E-state index is -3.60. The van der Waals surface area contributed by atoms with Crippen molar-refractivity contribution < 1.29 is 18.0 Å². The Kier molecular flexibility index (Phi) is 6.12. The molecule has 0 spiro atoms. The monoisotopic (exact) mass is 411 g/mol. The van der Waals surface area contributed by atoms with Crippen molar-refractivity contribution in [3.05, 3.63) is 18.2 Å². The number of rotatable bonds is 5. The van der Waals surface area contributed by atoms with Crippen molar-refractivity contribution in [1.82, 2.24) is 9.62 Å². The second-order valence-electron chi connectivity index (χ2n) is 7.09. The molecule has 0 aliphatic carbocycles. The van der Waals surface area contributed by atoms with Crippen molar-refractivity contribution in [3.63, 3.8) is 0 Å². The van der Waals surface area contributed by atoms with Crippen LogP contribution in [0.3, 0.4) is 0 Å². The van der Waals surface area contributed by atoms with Crippen LogP contribution in [0.4, 0.5) is 5.69 Å². The summed E-state index contributed by atoms with van der Waals surface area (Å²) in [6, 6.07) is 4.83. The molecular formula is C18H25N3O4S2. The summed E-state index contributed by atoms with van der Waals surface area (Å²) in [5, 5.41) is 2.77. The fourth-order valence-corrected chi connectivity index (χ4v) is 5.73. The highest BCUT2D eigenvalue weighted by Crippen LogP contribution is 2.37. The van der Waals surface area contributed by atoms with Gasteiger partial charge in [-0.2, -0.15) is 4.31 Å². The van der Waals surface area contributed by atoms with Gasteiger partial charge in [0.2, 0.25) is 21.8 Å². The quantitative estimate of drug-likeness (QED) is 0.799. The molecule has 27 heavy (non-hydrogen) atoms. The van der Waals surface area contributed by atoms with Gasteiger partial charge in [-0.05, 0) is 44.9 Å². The Hall–Kier alpha value is -1.58. The van der Waals surface area contributed by atoms with E-state index in [4.69, 9.17) is 0 Å². The highest BCUT2D eigenvalue weighted by Gasteiger charge is 2.31. The highest BCUT2D eigenvalue weighted by molar-refractivity contribution is 8.00. The highest BCUT2D eigenvalue weighted by atomic mass is 32.2. The third kappa shape index (κ3) is 4.47.